The third-order valence-corrected chi connectivity index (χ3v) is 3.61. The third kappa shape index (κ3) is 3.55. The van der Waals surface area contributed by atoms with E-state index in [2.05, 4.69) is 10.6 Å². The zero-order valence-electron chi connectivity index (χ0n) is 11.9. The van der Waals surface area contributed by atoms with Gasteiger partial charge >= 0.3 is 0 Å². The van der Waals surface area contributed by atoms with Crippen LogP contribution >= 0.6 is 0 Å². The van der Waals surface area contributed by atoms with Gasteiger partial charge in [-0.25, -0.2) is 4.39 Å². The summed E-state index contributed by atoms with van der Waals surface area (Å²) < 4.78 is 18.3. The SMILES string of the molecule is CCNC1COCC1C(=O)N[C@H](C)c1ccc(F)cc1. The van der Waals surface area contributed by atoms with Gasteiger partial charge in [0.05, 0.1) is 25.2 Å². The molecule has 1 aliphatic rings. The van der Waals surface area contributed by atoms with Crippen LogP contribution in [0.2, 0.25) is 0 Å². The lowest BCUT2D eigenvalue weighted by atomic mass is 10.0. The fourth-order valence-electron chi connectivity index (χ4n) is 2.43. The molecule has 0 bridgehead atoms. The number of amides is 1. The van der Waals surface area contributed by atoms with E-state index in [0.29, 0.717) is 13.2 Å². The molecule has 20 heavy (non-hydrogen) atoms. The van der Waals surface area contributed by atoms with Crippen LogP contribution in [0, 0.1) is 11.7 Å². The van der Waals surface area contributed by atoms with Crippen molar-refractivity contribution in [1.29, 1.82) is 0 Å². The maximum absolute atomic E-state index is 12.9. The molecule has 0 radical (unpaired) electrons. The van der Waals surface area contributed by atoms with Crippen LogP contribution in [0.4, 0.5) is 4.39 Å². The van der Waals surface area contributed by atoms with Gasteiger partial charge in [-0.3, -0.25) is 4.79 Å². The minimum absolute atomic E-state index is 0.0229. The van der Waals surface area contributed by atoms with E-state index in [1.165, 1.54) is 12.1 Å². The van der Waals surface area contributed by atoms with Crippen molar-refractivity contribution < 1.29 is 13.9 Å². The lowest BCUT2D eigenvalue weighted by molar-refractivity contribution is -0.126. The number of hydrogen-bond donors (Lipinski definition) is 2. The van der Waals surface area contributed by atoms with Crippen LogP contribution in [0.5, 0.6) is 0 Å². The van der Waals surface area contributed by atoms with Crippen LogP contribution in [0.3, 0.4) is 0 Å². The number of ether oxygens (including phenoxy) is 1. The summed E-state index contributed by atoms with van der Waals surface area (Å²) in [6.07, 6.45) is 0. The molecule has 5 heteroatoms. The predicted molar refractivity (Wildman–Crippen MR) is 74.7 cm³/mol. The van der Waals surface area contributed by atoms with Gasteiger partial charge in [-0.2, -0.15) is 0 Å². The van der Waals surface area contributed by atoms with E-state index >= 15 is 0 Å². The molecule has 1 saturated heterocycles. The van der Waals surface area contributed by atoms with E-state index in [1.54, 1.807) is 12.1 Å². The number of benzene rings is 1. The van der Waals surface area contributed by atoms with E-state index in [-0.39, 0.29) is 29.7 Å². The molecule has 4 nitrogen and oxygen atoms in total. The van der Waals surface area contributed by atoms with E-state index in [9.17, 15) is 9.18 Å². The molecule has 1 amide bonds. The number of carbonyl (C=O) groups excluding carboxylic acids is 1. The van der Waals surface area contributed by atoms with Gasteiger partial charge in [0.25, 0.3) is 0 Å². The Morgan fingerprint density at radius 1 is 1.40 bits per heavy atom. The normalized spacial score (nSPS) is 23.6. The minimum Gasteiger partial charge on any atom is -0.379 e. The summed E-state index contributed by atoms with van der Waals surface area (Å²) in [5.74, 6) is -0.466. The summed E-state index contributed by atoms with van der Waals surface area (Å²) in [6.45, 7) is 5.72. The molecule has 110 valence electrons. The Balaban J connectivity index is 1.95. The van der Waals surface area contributed by atoms with Gasteiger partial charge in [0, 0.05) is 6.04 Å². The van der Waals surface area contributed by atoms with Crippen molar-refractivity contribution in [2.24, 2.45) is 5.92 Å². The Morgan fingerprint density at radius 2 is 2.10 bits per heavy atom. The molecule has 1 heterocycles. The molecule has 3 atom stereocenters. The molecule has 1 fully saturated rings. The van der Waals surface area contributed by atoms with Crippen LogP contribution in [-0.4, -0.2) is 31.7 Å². The van der Waals surface area contributed by atoms with Gasteiger partial charge in [0.1, 0.15) is 5.82 Å². The summed E-state index contributed by atoms with van der Waals surface area (Å²) in [5.41, 5.74) is 0.888. The number of rotatable bonds is 5. The van der Waals surface area contributed by atoms with Gasteiger partial charge < -0.3 is 15.4 Å². The van der Waals surface area contributed by atoms with Crippen molar-refractivity contribution in [1.82, 2.24) is 10.6 Å². The molecule has 0 saturated carbocycles. The van der Waals surface area contributed by atoms with Crippen LogP contribution in [0.25, 0.3) is 0 Å². The van der Waals surface area contributed by atoms with Crippen molar-refractivity contribution in [3.63, 3.8) is 0 Å². The van der Waals surface area contributed by atoms with E-state index < -0.39 is 0 Å². The minimum atomic E-state index is -0.274. The highest BCUT2D eigenvalue weighted by Crippen LogP contribution is 2.17. The molecule has 0 aromatic heterocycles. The summed E-state index contributed by atoms with van der Waals surface area (Å²) >= 11 is 0. The summed E-state index contributed by atoms with van der Waals surface area (Å²) in [5, 5.41) is 6.23. The second-order valence-corrected chi connectivity index (χ2v) is 5.09. The van der Waals surface area contributed by atoms with Gasteiger partial charge in [0.15, 0.2) is 0 Å². The first-order chi connectivity index (χ1) is 9.61. The van der Waals surface area contributed by atoms with Crippen molar-refractivity contribution in [3.8, 4) is 0 Å². The summed E-state index contributed by atoms with van der Waals surface area (Å²) in [7, 11) is 0. The fraction of sp³-hybridized carbons (Fsp3) is 0.533. The monoisotopic (exact) mass is 280 g/mol. The molecule has 1 aromatic rings. The molecule has 1 aliphatic heterocycles. The van der Waals surface area contributed by atoms with Gasteiger partial charge in [-0.15, -0.1) is 0 Å². The molecular formula is C15H21FN2O2. The number of hydrogen-bond acceptors (Lipinski definition) is 3. The first-order valence-electron chi connectivity index (χ1n) is 6.98. The van der Waals surface area contributed by atoms with Gasteiger partial charge in [0.2, 0.25) is 5.91 Å². The number of likely N-dealkylation sites (N-methyl/N-ethyl adjacent to an activating group) is 1. The number of nitrogens with one attached hydrogen (secondary N) is 2. The highest BCUT2D eigenvalue weighted by molar-refractivity contribution is 5.80. The second kappa shape index (κ2) is 6.81. The van der Waals surface area contributed by atoms with Crippen molar-refractivity contribution in [2.75, 3.05) is 19.8 Å². The van der Waals surface area contributed by atoms with Gasteiger partial charge in [-0.05, 0) is 31.2 Å². The average Bonchev–Trinajstić information content (AvgIpc) is 2.88. The van der Waals surface area contributed by atoms with Crippen LogP contribution in [0.1, 0.15) is 25.5 Å². The number of halogens is 1. The highest BCUT2D eigenvalue weighted by Gasteiger charge is 2.33. The first kappa shape index (κ1) is 14.9. The Bertz CT molecular complexity index is 450. The van der Waals surface area contributed by atoms with E-state index in [1.807, 2.05) is 13.8 Å². The third-order valence-electron chi connectivity index (χ3n) is 3.61. The Hall–Kier alpha value is -1.46. The lowest BCUT2D eigenvalue weighted by Gasteiger charge is -2.21. The van der Waals surface area contributed by atoms with E-state index in [4.69, 9.17) is 4.74 Å². The van der Waals surface area contributed by atoms with E-state index in [0.717, 1.165) is 12.1 Å². The van der Waals surface area contributed by atoms with Crippen LogP contribution in [0.15, 0.2) is 24.3 Å². The smallest absolute Gasteiger partial charge is 0.227 e. The predicted octanol–water partition coefficient (Wildman–Crippen LogP) is 1.63. The topological polar surface area (TPSA) is 50.4 Å². The highest BCUT2D eigenvalue weighted by atomic mass is 19.1. The summed E-state index contributed by atoms with van der Waals surface area (Å²) in [6, 6.07) is 6.10. The summed E-state index contributed by atoms with van der Waals surface area (Å²) in [4.78, 5) is 12.3. The fourth-order valence-corrected chi connectivity index (χ4v) is 2.43. The van der Waals surface area contributed by atoms with Crippen molar-refractivity contribution in [2.45, 2.75) is 25.9 Å². The molecule has 1 aromatic carbocycles. The molecule has 0 aliphatic carbocycles. The first-order valence-corrected chi connectivity index (χ1v) is 6.98. The lowest BCUT2D eigenvalue weighted by Crippen LogP contribution is -2.44. The van der Waals surface area contributed by atoms with Crippen molar-refractivity contribution >= 4 is 5.91 Å². The standard InChI is InChI=1S/C15H21FN2O2/c1-3-17-14-9-20-8-13(14)15(19)18-10(2)11-4-6-12(16)7-5-11/h4-7,10,13-14,17H,3,8-9H2,1-2H3,(H,18,19)/t10-,13?,14?/m1/s1. The zero-order valence-corrected chi connectivity index (χ0v) is 11.9. The van der Waals surface area contributed by atoms with Gasteiger partial charge in [-0.1, -0.05) is 19.1 Å². The largest absolute Gasteiger partial charge is 0.379 e. The molecule has 2 N–H and O–H groups in total. The second-order valence-electron chi connectivity index (χ2n) is 5.09. The maximum Gasteiger partial charge on any atom is 0.227 e. The average molecular weight is 280 g/mol. The molecule has 2 unspecified atom stereocenters. The van der Waals surface area contributed by atoms with Crippen LogP contribution < -0.4 is 10.6 Å². The molecule has 0 spiro atoms. The Morgan fingerprint density at radius 3 is 2.75 bits per heavy atom. The Labute approximate surface area is 118 Å². The maximum atomic E-state index is 12.9. The zero-order chi connectivity index (χ0) is 14.5. The number of carbonyl (C=O) groups is 1. The quantitative estimate of drug-likeness (QED) is 0.862. The van der Waals surface area contributed by atoms with Crippen molar-refractivity contribution in [3.05, 3.63) is 35.6 Å². The Kier molecular flexibility index (Phi) is 5.09. The molecular weight excluding hydrogens is 259 g/mol. The van der Waals surface area contributed by atoms with Crippen LogP contribution in [-0.2, 0) is 9.53 Å². The molecule has 2 rings (SSSR count).